The predicted octanol–water partition coefficient (Wildman–Crippen LogP) is 4.51. The van der Waals surface area contributed by atoms with Crippen LogP contribution in [0.15, 0.2) is 29.2 Å². The Morgan fingerprint density at radius 1 is 0.792 bits per heavy atom. The van der Waals surface area contributed by atoms with Crippen molar-refractivity contribution in [2.75, 3.05) is 13.2 Å². The maximum atomic E-state index is 12.1. The molecule has 0 aliphatic heterocycles. The van der Waals surface area contributed by atoms with E-state index in [1.807, 2.05) is 0 Å². The highest BCUT2D eigenvalue weighted by Gasteiger charge is 2.12. The van der Waals surface area contributed by atoms with Crippen LogP contribution in [0.3, 0.4) is 0 Å². The molecule has 0 atom stereocenters. The average Bonchev–Trinajstić information content (AvgIpc) is 2.56. The van der Waals surface area contributed by atoms with Crippen molar-refractivity contribution in [3.63, 3.8) is 0 Å². The molecule has 0 aliphatic rings. The average molecular weight is 376 g/mol. The van der Waals surface area contributed by atoms with E-state index >= 15 is 0 Å². The summed E-state index contributed by atoms with van der Waals surface area (Å²) in [7, 11) is -3.42. The molecule has 0 bridgehead atoms. The van der Waals surface area contributed by atoms with Gasteiger partial charge in [-0.25, -0.2) is 13.1 Å². The third-order valence-corrected chi connectivity index (χ3v) is 5.73. The molecule has 0 saturated carbocycles. The Morgan fingerprint density at radius 2 is 1.25 bits per heavy atom. The van der Waals surface area contributed by atoms with E-state index < -0.39 is 10.0 Å². The van der Waals surface area contributed by atoms with Crippen LogP contribution in [0, 0.1) is 0 Å². The fourth-order valence-electron chi connectivity index (χ4n) is 2.55. The van der Waals surface area contributed by atoms with Gasteiger partial charge in [-0.1, -0.05) is 63.0 Å². The normalized spacial score (nSPS) is 11.8. The van der Waals surface area contributed by atoms with Crippen LogP contribution in [0.4, 0.5) is 0 Å². The number of nitrogens with one attached hydrogen (secondary N) is 1. The smallest absolute Gasteiger partial charge is 0.240 e. The molecule has 0 amide bonds. The Hall–Kier alpha value is -0.620. The second-order valence-electron chi connectivity index (χ2n) is 6.11. The molecule has 1 rings (SSSR count). The van der Waals surface area contributed by atoms with Crippen LogP contribution in [0.2, 0.25) is 5.02 Å². The van der Waals surface area contributed by atoms with Crippen molar-refractivity contribution in [1.82, 2.24) is 4.72 Å². The summed E-state index contributed by atoms with van der Waals surface area (Å²) in [4.78, 5) is 0.257. The summed E-state index contributed by atoms with van der Waals surface area (Å²) in [6.45, 7) is 0.786. The van der Waals surface area contributed by atoms with E-state index in [2.05, 4.69) is 4.72 Å². The number of rotatable bonds is 14. The van der Waals surface area contributed by atoms with Crippen LogP contribution in [-0.2, 0) is 10.0 Å². The van der Waals surface area contributed by atoms with E-state index in [0.717, 1.165) is 32.1 Å². The molecule has 1 aromatic rings. The predicted molar refractivity (Wildman–Crippen MR) is 99.9 cm³/mol. The zero-order valence-corrected chi connectivity index (χ0v) is 15.9. The van der Waals surface area contributed by atoms with Crippen LogP contribution >= 0.6 is 11.6 Å². The van der Waals surface area contributed by atoms with Gasteiger partial charge in [-0.3, -0.25) is 0 Å². The lowest BCUT2D eigenvalue weighted by atomic mass is 10.1. The molecule has 0 aliphatic carbocycles. The summed E-state index contributed by atoms with van der Waals surface area (Å²) in [6, 6.07) is 6.20. The van der Waals surface area contributed by atoms with Crippen molar-refractivity contribution in [2.45, 2.75) is 69.1 Å². The molecular formula is C18H30ClNO3S. The summed E-state index contributed by atoms with van der Waals surface area (Å²) < 4.78 is 26.7. The standard InChI is InChI=1S/C18H30ClNO3S/c19-17-11-13-18(14-12-17)24(22,23)20-15-9-7-5-3-1-2-4-6-8-10-16-21/h11-14,20-21H,1-10,15-16H2. The third kappa shape index (κ3) is 9.62. The largest absolute Gasteiger partial charge is 0.396 e. The molecule has 138 valence electrons. The van der Waals surface area contributed by atoms with Crippen molar-refractivity contribution in [3.8, 4) is 0 Å². The highest BCUT2D eigenvalue weighted by molar-refractivity contribution is 7.89. The quantitative estimate of drug-likeness (QED) is 0.470. The van der Waals surface area contributed by atoms with Gasteiger partial charge in [0, 0.05) is 18.2 Å². The molecule has 0 saturated heterocycles. The molecule has 1 aromatic carbocycles. The monoisotopic (exact) mass is 375 g/mol. The molecule has 6 heteroatoms. The zero-order chi connectivity index (χ0) is 17.7. The maximum absolute atomic E-state index is 12.1. The van der Waals surface area contributed by atoms with E-state index in [4.69, 9.17) is 16.7 Å². The molecule has 0 heterocycles. The van der Waals surface area contributed by atoms with Crippen molar-refractivity contribution in [3.05, 3.63) is 29.3 Å². The first-order chi connectivity index (χ1) is 11.6. The summed E-state index contributed by atoms with van der Waals surface area (Å²) in [6.07, 6.45) is 11.3. The number of benzene rings is 1. The van der Waals surface area contributed by atoms with Crippen LogP contribution in [0.25, 0.3) is 0 Å². The van der Waals surface area contributed by atoms with Gasteiger partial charge >= 0.3 is 0 Å². The molecule has 24 heavy (non-hydrogen) atoms. The van der Waals surface area contributed by atoms with Gasteiger partial charge in [0.15, 0.2) is 0 Å². The first kappa shape index (κ1) is 21.4. The van der Waals surface area contributed by atoms with Gasteiger partial charge < -0.3 is 5.11 Å². The Labute approximate surface area is 151 Å². The summed E-state index contributed by atoms with van der Waals surface area (Å²) in [5.74, 6) is 0. The van der Waals surface area contributed by atoms with Crippen molar-refractivity contribution in [2.24, 2.45) is 0 Å². The topological polar surface area (TPSA) is 66.4 Å². The van der Waals surface area contributed by atoms with Gasteiger partial charge in [-0.05, 0) is 37.1 Å². The summed E-state index contributed by atoms with van der Waals surface area (Å²) in [5, 5.41) is 9.22. The first-order valence-corrected chi connectivity index (χ1v) is 10.8. The minimum absolute atomic E-state index is 0.257. The fraction of sp³-hybridized carbons (Fsp3) is 0.667. The van der Waals surface area contributed by atoms with Gasteiger partial charge in [0.25, 0.3) is 0 Å². The number of halogens is 1. The Kier molecular flexibility index (Phi) is 11.3. The molecular weight excluding hydrogens is 346 g/mol. The van der Waals surface area contributed by atoms with Crippen molar-refractivity contribution < 1.29 is 13.5 Å². The lowest BCUT2D eigenvalue weighted by molar-refractivity contribution is 0.282. The molecule has 0 aromatic heterocycles. The number of unbranched alkanes of at least 4 members (excludes halogenated alkanes) is 9. The second kappa shape index (κ2) is 12.7. The SMILES string of the molecule is O=S(=O)(NCCCCCCCCCCCCO)c1ccc(Cl)cc1. The lowest BCUT2D eigenvalue weighted by Crippen LogP contribution is -2.24. The molecule has 0 radical (unpaired) electrons. The number of aliphatic hydroxyl groups is 1. The highest BCUT2D eigenvalue weighted by atomic mass is 35.5. The van der Waals surface area contributed by atoms with E-state index in [9.17, 15) is 8.42 Å². The minimum Gasteiger partial charge on any atom is -0.396 e. The van der Waals surface area contributed by atoms with E-state index in [-0.39, 0.29) is 4.90 Å². The third-order valence-electron chi connectivity index (χ3n) is 4.00. The first-order valence-electron chi connectivity index (χ1n) is 8.92. The highest BCUT2D eigenvalue weighted by Crippen LogP contribution is 2.14. The van der Waals surface area contributed by atoms with Crippen LogP contribution in [0.1, 0.15) is 64.2 Å². The van der Waals surface area contributed by atoms with Crippen LogP contribution < -0.4 is 4.72 Å². The van der Waals surface area contributed by atoms with Gasteiger partial charge in [-0.15, -0.1) is 0 Å². The van der Waals surface area contributed by atoms with E-state index in [1.165, 1.54) is 44.2 Å². The fourth-order valence-corrected chi connectivity index (χ4v) is 3.75. The lowest BCUT2D eigenvalue weighted by Gasteiger charge is -2.07. The molecule has 4 nitrogen and oxygen atoms in total. The van der Waals surface area contributed by atoms with Crippen molar-refractivity contribution in [1.29, 1.82) is 0 Å². The van der Waals surface area contributed by atoms with E-state index in [1.54, 1.807) is 12.1 Å². The van der Waals surface area contributed by atoms with Crippen LogP contribution in [-0.4, -0.2) is 26.7 Å². The maximum Gasteiger partial charge on any atom is 0.240 e. The zero-order valence-electron chi connectivity index (χ0n) is 14.3. The Balaban J connectivity index is 2.01. The van der Waals surface area contributed by atoms with Gasteiger partial charge in [-0.2, -0.15) is 0 Å². The number of hydrogen-bond donors (Lipinski definition) is 2. The van der Waals surface area contributed by atoms with Crippen LogP contribution in [0.5, 0.6) is 0 Å². The Morgan fingerprint density at radius 3 is 1.75 bits per heavy atom. The van der Waals surface area contributed by atoms with Gasteiger partial charge in [0.2, 0.25) is 10.0 Å². The molecule has 0 unspecified atom stereocenters. The number of aliphatic hydroxyl groups excluding tert-OH is 1. The second-order valence-corrected chi connectivity index (χ2v) is 8.31. The van der Waals surface area contributed by atoms with Crippen molar-refractivity contribution >= 4 is 21.6 Å². The molecule has 0 spiro atoms. The number of sulfonamides is 1. The van der Waals surface area contributed by atoms with Gasteiger partial charge in [0.1, 0.15) is 0 Å². The summed E-state index contributed by atoms with van der Waals surface area (Å²) >= 11 is 5.77. The van der Waals surface area contributed by atoms with Gasteiger partial charge in [0.05, 0.1) is 4.90 Å². The molecule has 0 fully saturated rings. The summed E-state index contributed by atoms with van der Waals surface area (Å²) in [5.41, 5.74) is 0. The van der Waals surface area contributed by atoms with E-state index in [0.29, 0.717) is 18.2 Å². The molecule has 2 N–H and O–H groups in total. The Bertz CT molecular complexity index is 532. The minimum atomic E-state index is -3.42. The number of hydrogen-bond acceptors (Lipinski definition) is 3.